The summed E-state index contributed by atoms with van der Waals surface area (Å²) in [6, 6.07) is 0. The quantitative estimate of drug-likeness (QED) is 0.584. The molecular weight excluding hydrogens is 268 g/mol. The summed E-state index contributed by atoms with van der Waals surface area (Å²) in [5, 5.41) is -6.66. The molecule has 0 saturated heterocycles. The van der Waals surface area contributed by atoms with Crippen LogP contribution < -0.4 is 0 Å². The molecule has 0 atom stereocenters. The Bertz CT molecular complexity index is 297. The maximum atomic E-state index is 12.2. The highest BCUT2D eigenvalue weighted by Crippen LogP contribution is 2.49. The molecule has 0 heterocycles. The highest BCUT2D eigenvalue weighted by molar-refractivity contribution is 7.87. The van der Waals surface area contributed by atoms with Gasteiger partial charge in [-0.15, -0.1) is 0 Å². The van der Waals surface area contributed by atoms with Gasteiger partial charge < -0.3 is 0 Å². The first-order valence-corrected chi connectivity index (χ1v) is 3.98. The Morgan fingerprint density at radius 2 is 1.00 bits per heavy atom. The first-order chi connectivity index (χ1) is 5.75. The van der Waals surface area contributed by atoms with Gasteiger partial charge in [0.2, 0.25) is 0 Å². The molecule has 0 aliphatic heterocycles. The first-order valence-electron chi connectivity index (χ1n) is 2.54. The molecule has 94 valence electrons. The van der Waals surface area contributed by atoms with Gasteiger partial charge in [0.05, 0.1) is 0 Å². The normalized spacial score (nSPS) is 14.7. The molecule has 0 aromatic heterocycles. The zero-order chi connectivity index (χ0) is 12.0. The number of halogens is 8. The minimum absolute atomic E-state index is 0. The molecule has 0 radical (unpaired) electrons. The lowest BCUT2D eigenvalue weighted by molar-refractivity contribution is -0.307. The van der Waals surface area contributed by atoms with Crippen LogP contribution in [0.25, 0.3) is 0 Å². The van der Waals surface area contributed by atoms with Gasteiger partial charge in [0.25, 0.3) is 0 Å². The van der Waals surface area contributed by atoms with Crippen molar-refractivity contribution >= 4 is 10.1 Å². The Morgan fingerprint density at radius 1 is 0.800 bits per heavy atom. The zero-order valence-corrected chi connectivity index (χ0v) is 7.04. The second kappa shape index (κ2) is 3.73. The summed E-state index contributed by atoms with van der Waals surface area (Å²) in [5.74, 6) is 0. The number of hydrogen-bond donors (Lipinski definition) is 1. The van der Waals surface area contributed by atoms with Crippen LogP contribution in [0.15, 0.2) is 0 Å². The van der Waals surface area contributed by atoms with Gasteiger partial charge in [0.1, 0.15) is 0 Å². The van der Waals surface area contributed by atoms with Crippen LogP contribution in [-0.2, 0) is 10.1 Å². The monoisotopic (exact) mass is 270 g/mol. The standard InChI is InChI=1S/C3HF7O3S.FH/c4-1(2(5,6)7,3(8,9)10)14(11,12)13;/h(H,11,12,13);1H. The average molecular weight is 270 g/mol. The minimum Gasteiger partial charge on any atom is -0.283 e. The Hall–Kier alpha value is -0.650. The van der Waals surface area contributed by atoms with E-state index < -0.39 is 27.5 Å². The Labute approximate surface area is 77.0 Å². The number of alkyl halides is 7. The zero-order valence-electron chi connectivity index (χ0n) is 6.23. The van der Waals surface area contributed by atoms with E-state index in [1.165, 1.54) is 0 Å². The predicted octanol–water partition coefficient (Wildman–Crippen LogP) is 1.82. The molecule has 0 saturated carbocycles. The molecule has 1 N–H and O–H groups in total. The first kappa shape index (κ1) is 16.8. The van der Waals surface area contributed by atoms with Crippen LogP contribution in [0.5, 0.6) is 0 Å². The van der Waals surface area contributed by atoms with E-state index in [1.54, 1.807) is 0 Å². The van der Waals surface area contributed by atoms with Crippen molar-refractivity contribution in [2.24, 2.45) is 0 Å². The summed E-state index contributed by atoms with van der Waals surface area (Å²) in [6.45, 7) is 0. The van der Waals surface area contributed by atoms with Gasteiger partial charge in [-0.25, -0.2) is 4.39 Å². The van der Waals surface area contributed by atoms with Gasteiger partial charge in [-0.2, -0.15) is 34.8 Å². The van der Waals surface area contributed by atoms with Crippen molar-refractivity contribution in [1.82, 2.24) is 0 Å². The van der Waals surface area contributed by atoms with Crippen molar-refractivity contribution in [3.8, 4) is 0 Å². The van der Waals surface area contributed by atoms with E-state index >= 15 is 0 Å². The van der Waals surface area contributed by atoms with Crippen molar-refractivity contribution in [3.63, 3.8) is 0 Å². The van der Waals surface area contributed by atoms with Gasteiger partial charge in [0, 0.05) is 0 Å². The molecule has 0 aromatic rings. The van der Waals surface area contributed by atoms with Crippen LogP contribution >= 0.6 is 0 Å². The third-order valence-electron chi connectivity index (χ3n) is 1.08. The fourth-order valence-corrected chi connectivity index (χ4v) is 1.04. The fraction of sp³-hybridized carbons (Fsp3) is 1.00. The molecule has 3 nitrogen and oxygen atoms in total. The average Bonchev–Trinajstić information content (AvgIpc) is 1.77. The van der Waals surface area contributed by atoms with E-state index in [0.717, 1.165) is 0 Å². The van der Waals surface area contributed by atoms with E-state index in [-0.39, 0.29) is 4.70 Å². The highest BCUT2D eigenvalue weighted by atomic mass is 32.2. The fourth-order valence-electron chi connectivity index (χ4n) is 0.453. The highest BCUT2D eigenvalue weighted by Gasteiger charge is 2.80. The molecule has 0 amide bonds. The lowest BCUT2D eigenvalue weighted by Crippen LogP contribution is -2.58. The molecule has 0 rings (SSSR count). The van der Waals surface area contributed by atoms with E-state index in [9.17, 15) is 39.2 Å². The molecule has 12 heteroatoms. The molecule has 0 aliphatic carbocycles. The third kappa shape index (κ3) is 2.48. The molecule has 15 heavy (non-hydrogen) atoms. The summed E-state index contributed by atoms with van der Waals surface area (Å²) in [7, 11) is -7.00. The van der Waals surface area contributed by atoms with E-state index in [1.807, 2.05) is 0 Å². The maximum Gasteiger partial charge on any atom is 0.449 e. The Balaban J connectivity index is 0. The lowest BCUT2D eigenvalue weighted by atomic mass is 10.3. The van der Waals surface area contributed by atoms with Crippen molar-refractivity contribution in [1.29, 1.82) is 0 Å². The Kier molecular flexibility index (Phi) is 4.17. The molecule has 0 aromatic carbocycles. The van der Waals surface area contributed by atoms with Gasteiger partial charge in [-0.05, 0) is 0 Å². The predicted molar refractivity (Wildman–Crippen MR) is 30.0 cm³/mol. The summed E-state index contributed by atoms with van der Waals surface area (Å²) >= 11 is 0. The lowest BCUT2D eigenvalue weighted by Gasteiger charge is -2.26. The molecule has 0 spiro atoms. The van der Waals surface area contributed by atoms with Crippen LogP contribution in [0, 0.1) is 0 Å². The topological polar surface area (TPSA) is 54.4 Å². The second-order valence-electron chi connectivity index (χ2n) is 2.07. The molecule has 0 bridgehead atoms. The van der Waals surface area contributed by atoms with Crippen LogP contribution in [0.2, 0.25) is 0 Å². The van der Waals surface area contributed by atoms with Gasteiger partial charge in [0.15, 0.2) is 0 Å². The van der Waals surface area contributed by atoms with Crippen LogP contribution in [-0.4, -0.2) is 30.3 Å². The second-order valence-corrected chi connectivity index (χ2v) is 3.58. The SMILES string of the molecule is F.O=S(=O)(O)C(F)(C(F)(F)F)C(F)(F)F. The van der Waals surface area contributed by atoms with Gasteiger partial charge in [-0.1, -0.05) is 0 Å². The Morgan fingerprint density at radius 3 is 1.00 bits per heavy atom. The van der Waals surface area contributed by atoms with Crippen molar-refractivity contribution in [3.05, 3.63) is 0 Å². The smallest absolute Gasteiger partial charge is 0.283 e. The summed E-state index contributed by atoms with van der Waals surface area (Å²) in [5.41, 5.74) is 0. The van der Waals surface area contributed by atoms with Gasteiger partial charge in [-0.3, -0.25) is 9.26 Å². The molecular formula is C3H2F8O3S. The van der Waals surface area contributed by atoms with Crippen molar-refractivity contribution in [2.45, 2.75) is 17.4 Å². The minimum atomic E-state index is -7.00. The molecule has 0 aliphatic rings. The van der Waals surface area contributed by atoms with E-state index in [0.29, 0.717) is 0 Å². The van der Waals surface area contributed by atoms with Crippen molar-refractivity contribution < 1.29 is 48.4 Å². The maximum absolute atomic E-state index is 12.2. The molecule has 0 unspecified atom stereocenters. The van der Waals surface area contributed by atoms with Gasteiger partial charge >= 0.3 is 27.5 Å². The van der Waals surface area contributed by atoms with Crippen molar-refractivity contribution in [2.75, 3.05) is 0 Å². The summed E-state index contributed by atoms with van der Waals surface area (Å²) < 4.78 is 108. The van der Waals surface area contributed by atoms with E-state index in [4.69, 9.17) is 4.55 Å². The largest absolute Gasteiger partial charge is 0.449 e. The van der Waals surface area contributed by atoms with Crippen LogP contribution in [0.4, 0.5) is 35.4 Å². The molecule has 0 fully saturated rings. The van der Waals surface area contributed by atoms with E-state index in [2.05, 4.69) is 0 Å². The van der Waals surface area contributed by atoms with Crippen LogP contribution in [0.1, 0.15) is 0 Å². The number of rotatable bonds is 1. The van der Waals surface area contributed by atoms with Crippen LogP contribution in [0.3, 0.4) is 0 Å². The third-order valence-corrected chi connectivity index (χ3v) is 2.26. The summed E-state index contributed by atoms with van der Waals surface area (Å²) in [4.78, 5) is 0. The number of hydrogen-bond acceptors (Lipinski definition) is 2. The summed E-state index contributed by atoms with van der Waals surface area (Å²) in [6.07, 6.45) is -13.6.